The molecule has 1 heterocycles. The molecule has 0 aliphatic heterocycles. The normalized spacial score (nSPS) is 11.3. The molecular formula is C9H7F4NO4. The molecule has 0 fully saturated rings. The van der Waals surface area contributed by atoms with E-state index in [9.17, 15) is 27.2 Å². The van der Waals surface area contributed by atoms with Crippen molar-refractivity contribution in [3.05, 3.63) is 27.7 Å². The highest BCUT2D eigenvalue weighted by Gasteiger charge is 2.34. The highest BCUT2D eigenvalue weighted by molar-refractivity contribution is 5.71. The molecule has 0 spiro atoms. The van der Waals surface area contributed by atoms with Crippen LogP contribution in [0.5, 0.6) is 5.75 Å². The van der Waals surface area contributed by atoms with Crippen molar-refractivity contribution >= 4 is 5.97 Å². The van der Waals surface area contributed by atoms with E-state index in [1.807, 2.05) is 4.98 Å². The largest absolute Gasteiger partial charge is 0.573 e. The van der Waals surface area contributed by atoms with E-state index in [2.05, 4.69) is 4.74 Å². The smallest absolute Gasteiger partial charge is 0.481 e. The highest BCUT2D eigenvalue weighted by Crippen LogP contribution is 2.28. The fraction of sp³-hybridized carbons (Fsp3) is 0.333. The molecule has 0 aliphatic carbocycles. The Morgan fingerprint density at radius 3 is 2.50 bits per heavy atom. The van der Waals surface area contributed by atoms with E-state index in [1.165, 1.54) is 0 Å². The summed E-state index contributed by atoms with van der Waals surface area (Å²) in [5.74, 6) is -2.64. The maximum absolute atomic E-state index is 12.5. The molecule has 0 aliphatic rings. The number of alkyl halides is 4. The van der Waals surface area contributed by atoms with Crippen LogP contribution in [0.1, 0.15) is 11.1 Å². The zero-order valence-electron chi connectivity index (χ0n) is 8.68. The number of ether oxygens (including phenoxy) is 1. The van der Waals surface area contributed by atoms with E-state index in [0.717, 1.165) is 0 Å². The lowest BCUT2D eigenvalue weighted by atomic mass is 10.1. The van der Waals surface area contributed by atoms with E-state index < -0.39 is 47.9 Å². The number of carbonyl (C=O) groups is 1. The average Bonchev–Trinajstić information content (AvgIpc) is 2.21. The minimum Gasteiger partial charge on any atom is -0.481 e. The first-order valence-electron chi connectivity index (χ1n) is 4.51. The van der Waals surface area contributed by atoms with Crippen LogP contribution in [0.4, 0.5) is 17.6 Å². The van der Waals surface area contributed by atoms with Crippen LogP contribution in [-0.4, -0.2) is 22.4 Å². The first-order valence-corrected chi connectivity index (χ1v) is 4.51. The molecule has 0 radical (unpaired) electrons. The SMILES string of the molecule is O=C(O)Cc1c(OC(F)(F)F)c(CF)c[nH]c1=O. The van der Waals surface area contributed by atoms with Gasteiger partial charge in [0.25, 0.3) is 5.56 Å². The molecule has 5 nitrogen and oxygen atoms in total. The number of carboxylic acid groups (broad SMARTS) is 1. The van der Waals surface area contributed by atoms with E-state index >= 15 is 0 Å². The number of rotatable bonds is 4. The molecule has 0 bridgehead atoms. The van der Waals surface area contributed by atoms with E-state index in [0.29, 0.717) is 6.20 Å². The standard InChI is InChI=1S/C9H7F4NO4/c10-2-4-3-14-8(17)5(1-6(15)16)7(4)18-9(11,12)13/h3H,1-2H2,(H,14,17)(H,15,16). The van der Waals surface area contributed by atoms with Gasteiger partial charge >= 0.3 is 12.3 Å². The summed E-state index contributed by atoms with van der Waals surface area (Å²) in [6.45, 7) is -1.34. The van der Waals surface area contributed by atoms with Crippen LogP contribution in [0, 0.1) is 0 Å². The second-order valence-corrected chi connectivity index (χ2v) is 3.20. The van der Waals surface area contributed by atoms with Gasteiger partial charge in [0, 0.05) is 11.8 Å². The van der Waals surface area contributed by atoms with Gasteiger partial charge in [0.05, 0.1) is 12.0 Å². The van der Waals surface area contributed by atoms with Gasteiger partial charge < -0.3 is 14.8 Å². The Balaban J connectivity index is 3.36. The second kappa shape index (κ2) is 5.07. The highest BCUT2D eigenvalue weighted by atomic mass is 19.4. The van der Waals surface area contributed by atoms with Crippen LogP contribution >= 0.6 is 0 Å². The predicted octanol–water partition coefficient (Wildman–Crippen LogP) is 1.37. The Kier molecular flexibility index (Phi) is 3.94. The molecule has 100 valence electrons. The Hall–Kier alpha value is -2.06. The number of H-pyrrole nitrogens is 1. The van der Waals surface area contributed by atoms with Crippen molar-refractivity contribution in [3.63, 3.8) is 0 Å². The van der Waals surface area contributed by atoms with Gasteiger partial charge in [-0.25, -0.2) is 4.39 Å². The fourth-order valence-corrected chi connectivity index (χ4v) is 1.26. The van der Waals surface area contributed by atoms with Crippen molar-refractivity contribution in [3.8, 4) is 5.75 Å². The van der Waals surface area contributed by atoms with Crippen LogP contribution in [0.2, 0.25) is 0 Å². The number of nitrogens with one attached hydrogen (secondary N) is 1. The monoisotopic (exact) mass is 269 g/mol. The van der Waals surface area contributed by atoms with Crippen molar-refractivity contribution in [2.45, 2.75) is 19.5 Å². The number of hydrogen-bond acceptors (Lipinski definition) is 3. The maximum atomic E-state index is 12.5. The fourth-order valence-electron chi connectivity index (χ4n) is 1.26. The molecule has 1 aromatic heterocycles. The van der Waals surface area contributed by atoms with Crippen LogP contribution in [-0.2, 0) is 17.9 Å². The number of hydrogen-bond donors (Lipinski definition) is 2. The summed E-state index contributed by atoms with van der Waals surface area (Å²) in [5, 5.41) is 8.49. The Morgan fingerprint density at radius 2 is 2.06 bits per heavy atom. The van der Waals surface area contributed by atoms with Crippen molar-refractivity contribution in [1.82, 2.24) is 4.98 Å². The lowest BCUT2D eigenvalue weighted by Crippen LogP contribution is -2.24. The Morgan fingerprint density at radius 1 is 1.44 bits per heavy atom. The minimum absolute atomic E-state index is 0.580. The Bertz CT molecular complexity index is 508. The summed E-state index contributed by atoms with van der Waals surface area (Å²) < 4.78 is 52.3. The third-order valence-corrected chi connectivity index (χ3v) is 1.91. The average molecular weight is 269 g/mol. The lowest BCUT2D eigenvalue weighted by molar-refractivity contribution is -0.275. The molecular weight excluding hydrogens is 262 g/mol. The summed E-state index contributed by atoms with van der Waals surface area (Å²) in [6, 6.07) is 0. The number of aromatic nitrogens is 1. The van der Waals surface area contributed by atoms with Gasteiger partial charge in [-0.05, 0) is 0 Å². The molecule has 0 amide bonds. The number of carboxylic acids is 1. The quantitative estimate of drug-likeness (QED) is 0.809. The molecule has 0 atom stereocenters. The first-order chi connectivity index (χ1) is 8.24. The number of aromatic amines is 1. The summed E-state index contributed by atoms with van der Waals surface area (Å²) in [5.41, 5.74) is -2.44. The van der Waals surface area contributed by atoms with Crippen molar-refractivity contribution in [2.24, 2.45) is 0 Å². The molecule has 1 aromatic rings. The van der Waals surface area contributed by atoms with Gasteiger partial charge in [0.2, 0.25) is 0 Å². The van der Waals surface area contributed by atoms with Crippen LogP contribution < -0.4 is 10.3 Å². The van der Waals surface area contributed by atoms with Gasteiger partial charge in [-0.3, -0.25) is 9.59 Å². The summed E-state index contributed by atoms with van der Waals surface area (Å²) >= 11 is 0. The second-order valence-electron chi connectivity index (χ2n) is 3.20. The molecule has 0 aromatic carbocycles. The topological polar surface area (TPSA) is 79.4 Å². The summed E-state index contributed by atoms with van der Waals surface area (Å²) in [4.78, 5) is 23.6. The number of aliphatic carboxylic acids is 1. The first kappa shape index (κ1) is 14.0. The zero-order valence-corrected chi connectivity index (χ0v) is 8.68. The van der Waals surface area contributed by atoms with Crippen molar-refractivity contribution < 1.29 is 32.2 Å². The molecule has 9 heteroatoms. The maximum Gasteiger partial charge on any atom is 0.573 e. The van der Waals surface area contributed by atoms with Crippen LogP contribution in [0.25, 0.3) is 0 Å². The lowest BCUT2D eigenvalue weighted by Gasteiger charge is -2.14. The molecule has 1 rings (SSSR count). The minimum atomic E-state index is -5.15. The van der Waals surface area contributed by atoms with Gasteiger partial charge in [-0.15, -0.1) is 13.2 Å². The molecule has 0 saturated heterocycles. The van der Waals surface area contributed by atoms with Crippen molar-refractivity contribution in [1.29, 1.82) is 0 Å². The number of halogens is 4. The number of pyridine rings is 1. The molecule has 2 N–H and O–H groups in total. The van der Waals surface area contributed by atoms with E-state index in [4.69, 9.17) is 5.11 Å². The molecule has 0 unspecified atom stereocenters. The van der Waals surface area contributed by atoms with Crippen LogP contribution in [0.15, 0.2) is 11.0 Å². The molecule has 0 saturated carbocycles. The van der Waals surface area contributed by atoms with E-state index in [-0.39, 0.29) is 0 Å². The van der Waals surface area contributed by atoms with Gasteiger partial charge in [0.1, 0.15) is 12.4 Å². The van der Waals surface area contributed by atoms with Gasteiger partial charge in [-0.2, -0.15) is 0 Å². The zero-order chi connectivity index (χ0) is 13.9. The predicted molar refractivity (Wildman–Crippen MR) is 49.9 cm³/mol. The van der Waals surface area contributed by atoms with Crippen LogP contribution in [0.3, 0.4) is 0 Å². The summed E-state index contributed by atoms with van der Waals surface area (Å²) in [7, 11) is 0. The third-order valence-electron chi connectivity index (χ3n) is 1.91. The summed E-state index contributed by atoms with van der Waals surface area (Å²) in [6.07, 6.45) is -5.45. The third kappa shape index (κ3) is 3.47. The molecule has 18 heavy (non-hydrogen) atoms. The Labute approximate surface area is 97.0 Å². The van der Waals surface area contributed by atoms with Crippen molar-refractivity contribution in [2.75, 3.05) is 0 Å². The van der Waals surface area contributed by atoms with Gasteiger partial charge in [0.15, 0.2) is 0 Å². The van der Waals surface area contributed by atoms with Gasteiger partial charge in [-0.1, -0.05) is 0 Å². The van der Waals surface area contributed by atoms with E-state index in [1.54, 1.807) is 0 Å².